The van der Waals surface area contributed by atoms with Crippen LogP contribution in [0.1, 0.15) is 32.6 Å². The molecule has 2 N–H and O–H groups in total. The van der Waals surface area contributed by atoms with E-state index in [1.807, 2.05) is 23.4 Å². The van der Waals surface area contributed by atoms with Crippen LogP contribution in [0.3, 0.4) is 0 Å². The van der Waals surface area contributed by atoms with Gasteiger partial charge in [-0.15, -0.1) is 11.3 Å². The number of benzene rings is 2. The van der Waals surface area contributed by atoms with Crippen molar-refractivity contribution in [2.75, 3.05) is 25.5 Å². The van der Waals surface area contributed by atoms with Gasteiger partial charge in [0.05, 0.1) is 11.2 Å². The van der Waals surface area contributed by atoms with E-state index in [2.05, 4.69) is 10.3 Å². The van der Waals surface area contributed by atoms with E-state index in [1.165, 1.54) is 22.4 Å². The first-order chi connectivity index (χ1) is 18.2. The summed E-state index contributed by atoms with van der Waals surface area (Å²) in [5.41, 5.74) is 2.41. The zero-order chi connectivity index (χ0) is 27.0. The summed E-state index contributed by atoms with van der Waals surface area (Å²) < 4.78 is 1.67. The molecule has 0 radical (unpaired) electrons. The van der Waals surface area contributed by atoms with Crippen molar-refractivity contribution in [2.45, 2.75) is 25.7 Å². The van der Waals surface area contributed by atoms with E-state index in [-0.39, 0.29) is 24.6 Å². The monoisotopic (exact) mass is 551 g/mol. The number of rotatable bonds is 8. The Kier molecular flexibility index (Phi) is 7.31. The fraction of sp³-hybridized carbons (Fsp3) is 0.259. The average molecular weight is 552 g/mol. The molecule has 0 aliphatic carbocycles. The third-order valence-corrected chi connectivity index (χ3v) is 7.67. The second-order valence-corrected chi connectivity index (χ2v) is 10.7. The first kappa shape index (κ1) is 26.1. The Morgan fingerprint density at radius 2 is 2.00 bits per heavy atom. The number of amides is 2. The van der Waals surface area contributed by atoms with Crippen molar-refractivity contribution in [3.63, 3.8) is 0 Å². The van der Waals surface area contributed by atoms with Gasteiger partial charge in [0, 0.05) is 54.9 Å². The van der Waals surface area contributed by atoms with Crippen LogP contribution in [0.4, 0.5) is 5.69 Å². The molecule has 196 valence electrons. The van der Waals surface area contributed by atoms with E-state index in [0.29, 0.717) is 39.7 Å². The number of anilines is 1. The van der Waals surface area contributed by atoms with Gasteiger partial charge >= 0.3 is 0 Å². The van der Waals surface area contributed by atoms with Crippen LogP contribution in [0.25, 0.3) is 10.9 Å². The molecule has 2 aromatic heterocycles. The molecule has 1 atom stereocenters. The highest BCUT2D eigenvalue weighted by Gasteiger charge is 2.27. The van der Waals surface area contributed by atoms with Crippen LogP contribution in [-0.4, -0.2) is 52.0 Å². The highest BCUT2D eigenvalue weighted by molar-refractivity contribution is 7.09. The van der Waals surface area contributed by atoms with Crippen LogP contribution < -0.4 is 15.6 Å². The SMILES string of the molecule is CN(Cc1cc2c3c(c1)c(=O)c(C(=O)NCc1ccc(Cl)cc1)cn3CC(=O)N2C)C[C@@H](O)c1nccs1. The lowest BCUT2D eigenvalue weighted by atomic mass is 10.0. The standard InChI is InChI=1S/C27H26ClN5O4S/c1-31(14-22(34)27-29-7-8-38-27)12-17-9-19-24-21(10-17)32(2)23(35)15-33(24)13-20(25(19)36)26(37)30-11-16-3-5-18(28)6-4-16/h3-10,13,22,34H,11-12,14-15H2,1-2H3,(H,30,37)/t22-/m1/s1. The van der Waals surface area contributed by atoms with Crippen molar-refractivity contribution in [1.29, 1.82) is 0 Å². The number of nitrogens with one attached hydrogen (secondary N) is 1. The number of thiazole rings is 1. The quantitative estimate of drug-likeness (QED) is 0.348. The van der Waals surface area contributed by atoms with E-state index in [9.17, 15) is 19.5 Å². The largest absolute Gasteiger partial charge is 0.385 e. The van der Waals surface area contributed by atoms with Crippen LogP contribution in [0, 0.1) is 0 Å². The Bertz CT molecular complexity index is 1570. The topological polar surface area (TPSA) is 108 Å². The molecule has 1 aliphatic rings. The summed E-state index contributed by atoms with van der Waals surface area (Å²) in [6.07, 6.45) is 2.38. The number of aliphatic hydroxyl groups is 1. The zero-order valence-electron chi connectivity index (χ0n) is 20.8. The van der Waals surface area contributed by atoms with Crippen LogP contribution in [0.15, 0.2) is 59.0 Å². The Hall–Kier alpha value is -3.57. The molecule has 5 rings (SSSR count). The third-order valence-electron chi connectivity index (χ3n) is 6.54. The van der Waals surface area contributed by atoms with E-state index in [0.717, 1.165) is 11.1 Å². The maximum Gasteiger partial charge on any atom is 0.257 e. The summed E-state index contributed by atoms with van der Waals surface area (Å²) in [4.78, 5) is 47.1. The molecule has 11 heteroatoms. The van der Waals surface area contributed by atoms with Gasteiger partial charge in [-0.25, -0.2) is 4.98 Å². The number of aliphatic hydroxyl groups excluding tert-OH is 1. The molecule has 4 aromatic rings. The number of carbonyl (C=O) groups excluding carboxylic acids is 2. The number of carbonyl (C=O) groups is 2. The van der Waals surface area contributed by atoms with Gasteiger partial charge in [-0.05, 0) is 42.4 Å². The van der Waals surface area contributed by atoms with E-state index in [4.69, 9.17) is 11.6 Å². The second-order valence-electron chi connectivity index (χ2n) is 9.36. The van der Waals surface area contributed by atoms with Crippen LogP contribution in [0.5, 0.6) is 0 Å². The van der Waals surface area contributed by atoms with Crippen molar-refractivity contribution in [3.05, 3.63) is 91.1 Å². The average Bonchev–Trinajstić information content (AvgIpc) is 3.43. The molecule has 3 heterocycles. The van der Waals surface area contributed by atoms with Crippen LogP contribution in [0.2, 0.25) is 5.02 Å². The normalized spacial score (nSPS) is 13.8. The molecule has 2 amide bonds. The molecular formula is C27H26ClN5O4S. The number of halogens is 1. The van der Waals surface area contributed by atoms with Crippen LogP contribution >= 0.6 is 22.9 Å². The summed E-state index contributed by atoms with van der Waals surface area (Å²) in [6, 6.07) is 10.7. The maximum atomic E-state index is 13.6. The summed E-state index contributed by atoms with van der Waals surface area (Å²) in [6.45, 7) is 1.01. The molecule has 0 unspecified atom stereocenters. The van der Waals surface area contributed by atoms with Crippen molar-refractivity contribution in [1.82, 2.24) is 19.8 Å². The van der Waals surface area contributed by atoms with Gasteiger partial charge in [-0.3, -0.25) is 19.3 Å². The van der Waals surface area contributed by atoms with E-state index >= 15 is 0 Å². The molecule has 0 fully saturated rings. The van der Waals surface area contributed by atoms with Gasteiger partial charge < -0.3 is 19.9 Å². The molecule has 0 saturated heterocycles. The predicted molar refractivity (Wildman–Crippen MR) is 148 cm³/mol. The maximum absolute atomic E-state index is 13.6. The van der Waals surface area contributed by atoms with Crippen molar-refractivity contribution < 1.29 is 14.7 Å². The molecule has 9 nitrogen and oxygen atoms in total. The lowest BCUT2D eigenvalue weighted by Crippen LogP contribution is -2.37. The van der Waals surface area contributed by atoms with E-state index < -0.39 is 17.4 Å². The summed E-state index contributed by atoms with van der Waals surface area (Å²) in [5.74, 6) is -0.669. The lowest BCUT2D eigenvalue weighted by Gasteiger charge is -2.29. The number of aromatic nitrogens is 2. The van der Waals surface area contributed by atoms with Gasteiger partial charge in [0.15, 0.2) is 0 Å². The van der Waals surface area contributed by atoms with Gasteiger partial charge in [-0.1, -0.05) is 23.7 Å². The molecule has 0 spiro atoms. The first-order valence-electron chi connectivity index (χ1n) is 12.0. The van der Waals surface area contributed by atoms with E-state index in [1.54, 1.807) is 48.1 Å². The highest BCUT2D eigenvalue weighted by atomic mass is 35.5. The Balaban J connectivity index is 1.47. The van der Waals surface area contributed by atoms with Crippen LogP contribution in [-0.2, 0) is 24.4 Å². The molecule has 0 bridgehead atoms. The first-order valence-corrected chi connectivity index (χ1v) is 13.2. The lowest BCUT2D eigenvalue weighted by molar-refractivity contribution is -0.119. The van der Waals surface area contributed by atoms with Crippen molar-refractivity contribution in [2.24, 2.45) is 0 Å². The summed E-state index contributed by atoms with van der Waals surface area (Å²) >= 11 is 7.32. The number of likely N-dealkylation sites (N-methyl/N-ethyl adjacent to an activating group) is 2. The minimum atomic E-state index is -0.740. The fourth-order valence-corrected chi connectivity index (χ4v) is 5.36. The second kappa shape index (κ2) is 10.7. The Morgan fingerprint density at radius 3 is 2.71 bits per heavy atom. The van der Waals surface area contributed by atoms with Gasteiger partial charge in [0.2, 0.25) is 11.3 Å². The third kappa shape index (κ3) is 5.21. The number of nitrogens with zero attached hydrogens (tertiary/aromatic N) is 4. The minimum absolute atomic E-state index is 0.0248. The highest BCUT2D eigenvalue weighted by Crippen LogP contribution is 2.31. The molecular weight excluding hydrogens is 526 g/mol. The molecule has 0 saturated carbocycles. The molecule has 1 aliphatic heterocycles. The zero-order valence-corrected chi connectivity index (χ0v) is 22.4. The Labute approximate surface area is 227 Å². The van der Waals surface area contributed by atoms with Gasteiger partial charge in [-0.2, -0.15) is 0 Å². The number of pyridine rings is 1. The number of hydrogen-bond acceptors (Lipinski definition) is 7. The summed E-state index contributed by atoms with van der Waals surface area (Å²) in [7, 11) is 3.54. The Morgan fingerprint density at radius 1 is 1.24 bits per heavy atom. The van der Waals surface area contributed by atoms with Crippen molar-refractivity contribution >= 4 is 51.3 Å². The molecule has 38 heavy (non-hydrogen) atoms. The van der Waals surface area contributed by atoms with Gasteiger partial charge in [0.25, 0.3) is 5.91 Å². The predicted octanol–water partition coefficient (Wildman–Crippen LogP) is 3.18. The smallest absolute Gasteiger partial charge is 0.257 e. The van der Waals surface area contributed by atoms with Crippen molar-refractivity contribution in [3.8, 4) is 0 Å². The summed E-state index contributed by atoms with van der Waals surface area (Å²) in [5, 5.41) is 16.7. The number of hydrogen-bond donors (Lipinski definition) is 2. The fourth-order valence-electron chi connectivity index (χ4n) is 4.62. The molecule has 2 aromatic carbocycles. The minimum Gasteiger partial charge on any atom is -0.385 e. The van der Waals surface area contributed by atoms with Gasteiger partial charge in [0.1, 0.15) is 23.2 Å².